The van der Waals surface area contributed by atoms with Gasteiger partial charge in [-0.05, 0) is 55.8 Å². The molecule has 3 aromatic rings. The molecule has 0 radical (unpaired) electrons. The molecule has 0 aliphatic heterocycles. The number of anilines is 3. The molecular weight excluding hydrogens is 364 g/mol. The molecule has 2 aromatic carbocycles. The Labute approximate surface area is 162 Å². The molecule has 0 aliphatic carbocycles. The first-order valence-corrected chi connectivity index (χ1v) is 8.67. The fourth-order valence-corrected chi connectivity index (χ4v) is 2.67. The SMILES string of the molecule is COc1ccc(NC(=O)c2cc(Nc3cccc(Cl)c3C)nc(C)n2)cc1. The molecule has 1 amide bonds. The molecule has 1 heterocycles. The van der Waals surface area contributed by atoms with Gasteiger partial charge in [-0.1, -0.05) is 17.7 Å². The monoisotopic (exact) mass is 382 g/mol. The van der Waals surface area contributed by atoms with Crippen molar-refractivity contribution in [2.24, 2.45) is 0 Å². The van der Waals surface area contributed by atoms with Crippen molar-refractivity contribution in [3.05, 3.63) is 70.6 Å². The van der Waals surface area contributed by atoms with E-state index in [2.05, 4.69) is 20.6 Å². The van der Waals surface area contributed by atoms with E-state index in [9.17, 15) is 4.79 Å². The number of hydrogen-bond donors (Lipinski definition) is 2. The third-order valence-corrected chi connectivity index (χ3v) is 4.36. The van der Waals surface area contributed by atoms with Gasteiger partial charge in [0.15, 0.2) is 0 Å². The van der Waals surface area contributed by atoms with Crippen LogP contribution in [0.15, 0.2) is 48.5 Å². The summed E-state index contributed by atoms with van der Waals surface area (Å²) in [4.78, 5) is 21.1. The molecule has 2 N–H and O–H groups in total. The maximum absolute atomic E-state index is 12.6. The zero-order valence-corrected chi connectivity index (χ0v) is 16.0. The van der Waals surface area contributed by atoms with Crippen LogP contribution in [0.3, 0.4) is 0 Å². The highest BCUT2D eigenvalue weighted by Gasteiger charge is 2.12. The maximum Gasteiger partial charge on any atom is 0.274 e. The number of rotatable bonds is 5. The van der Waals surface area contributed by atoms with Crippen molar-refractivity contribution in [2.45, 2.75) is 13.8 Å². The fourth-order valence-electron chi connectivity index (χ4n) is 2.50. The van der Waals surface area contributed by atoms with Crippen LogP contribution in [-0.4, -0.2) is 23.0 Å². The van der Waals surface area contributed by atoms with Gasteiger partial charge in [-0.2, -0.15) is 0 Å². The van der Waals surface area contributed by atoms with Crippen LogP contribution < -0.4 is 15.4 Å². The van der Waals surface area contributed by atoms with Gasteiger partial charge in [0.25, 0.3) is 5.91 Å². The molecular formula is C20H19ClN4O2. The van der Waals surface area contributed by atoms with Crippen LogP contribution in [-0.2, 0) is 0 Å². The Morgan fingerprint density at radius 1 is 1.07 bits per heavy atom. The van der Waals surface area contributed by atoms with Crippen molar-refractivity contribution >= 4 is 34.7 Å². The topological polar surface area (TPSA) is 76.1 Å². The fraction of sp³-hybridized carbons (Fsp3) is 0.150. The highest BCUT2D eigenvalue weighted by Crippen LogP contribution is 2.26. The van der Waals surface area contributed by atoms with Gasteiger partial charge in [0.1, 0.15) is 23.1 Å². The first-order valence-electron chi connectivity index (χ1n) is 8.29. The molecule has 0 spiro atoms. The zero-order valence-electron chi connectivity index (χ0n) is 15.2. The number of nitrogens with zero attached hydrogens (tertiary/aromatic N) is 2. The summed E-state index contributed by atoms with van der Waals surface area (Å²) in [6.07, 6.45) is 0. The number of hydrogen-bond acceptors (Lipinski definition) is 5. The van der Waals surface area contributed by atoms with Crippen molar-refractivity contribution in [3.63, 3.8) is 0 Å². The lowest BCUT2D eigenvalue weighted by Crippen LogP contribution is -2.15. The van der Waals surface area contributed by atoms with Gasteiger partial charge in [-0.25, -0.2) is 9.97 Å². The van der Waals surface area contributed by atoms with Crippen molar-refractivity contribution in [1.82, 2.24) is 9.97 Å². The molecule has 0 aliphatic rings. The molecule has 0 fully saturated rings. The molecule has 0 atom stereocenters. The molecule has 0 saturated heterocycles. The second-order valence-electron chi connectivity index (χ2n) is 5.91. The van der Waals surface area contributed by atoms with E-state index in [1.165, 1.54) is 0 Å². The van der Waals surface area contributed by atoms with Crippen molar-refractivity contribution < 1.29 is 9.53 Å². The van der Waals surface area contributed by atoms with Gasteiger partial charge in [0.05, 0.1) is 7.11 Å². The van der Waals surface area contributed by atoms with Crippen LogP contribution in [0.1, 0.15) is 21.9 Å². The van der Waals surface area contributed by atoms with E-state index in [0.717, 1.165) is 11.3 Å². The standard InChI is InChI=1S/C20H19ClN4O2/c1-12-16(21)5-4-6-17(12)25-19-11-18(22-13(2)23-19)20(26)24-14-7-9-15(27-3)10-8-14/h4-11H,1-3H3,(H,24,26)(H,22,23,25). The first kappa shape index (κ1) is 18.7. The third-order valence-electron chi connectivity index (χ3n) is 3.95. The molecule has 3 rings (SSSR count). The summed E-state index contributed by atoms with van der Waals surface area (Å²) >= 11 is 6.16. The zero-order chi connectivity index (χ0) is 19.4. The summed E-state index contributed by atoms with van der Waals surface area (Å²) in [5, 5.41) is 6.67. The van der Waals surface area contributed by atoms with Crippen molar-refractivity contribution in [1.29, 1.82) is 0 Å². The third kappa shape index (κ3) is 4.54. The Bertz CT molecular complexity index is 974. The van der Waals surface area contributed by atoms with Gasteiger partial charge >= 0.3 is 0 Å². The smallest absolute Gasteiger partial charge is 0.274 e. The number of amides is 1. The number of methoxy groups -OCH3 is 1. The van der Waals surface area contributed by atoms with Gasteiger partial charge in [-0.15, -0.1) is 0 Å². The van der Waals surface area contributed by atoms with Gasteiger partial charge in [-0.3, -0.25) is 4.79 Å². The first-order chi connectivity index (χ1) is 13.0. The van der Waals surface area contributed by atoms with E-state index in [4.69, 9.17) is 16.3 Å². The average Bonchev–Trinajstić information content (AvgIpc) is 2.65. The summed E-state index contributed by atoms with van der Waals surface area (Å²) in [5.41, 5.74) is 2.64. The van der Waals surface area contributed by atoms with E-state index in [1.807, 2.05) is 25.1 Å². The molecule has 7 heteroatoms. The number of carbonyl (C=O) groups excluding carboxylic acids is 1. The minimum Gasteiger partial charge on any atom is -0.497 e. The second-order valence-corrected chi connectivity index (χ2v) is 6.31. The van der Waals surface area contributed by atoms with Gasteiger partial charge < -0.3 is 15.4 Å². The Morgan fingerprint density at radius 2 is 1.81 bits per heavy atom. The summed E-state index contributed by atoms with van der Waals surface area (Å²) in [7, 11) is 1.59. The lowest BCUT2D eigenvalue weighted by molar-refractivity contribution is 0.102. The Kier molecular flexibility index (Phi) is 5.57. The van der Waals surface area contributed by atoms with E-state index >= 15 is 0 Å². The lowest BCUT2D eigenvalue weighted by Gasteiger charge is -2.12. The van der Waals surface area contributed by atoms with Crippen LogP contribution in [0.2, 0.25) is 5.02 Å². The number of nitrogens with one attached hydrogen (secondary N) is 2. The normalized spacial score (nSPS) is 10.4. The quantitative estimate of drug-likeness (QED) is 0.665. The summed E-state index contributed by atoms with van der Waals surface area (Å²) in [6, 6.07) is 14.2. The maximum atomic E-state index is 12.6. The van der Waals surface area contributed by atoms with E-state index in [1.54, 1.807) is 44.4 Å². The van der Waals surface area contributed by atoms with Crippen LogP contribution in [0.5, 0.6) is 5.75 Å². The van der Waals surface area contributed by atoms with E-state index in [-0.39, 0.29) is 11.6 Å². The molecule has 27 heavy (non-hydrogen) atoms. The lowest BCUT2D eigenvalue weighted by atomic mass is 10.2. The summed E-state index contributed by atoms with van der Waals surface area (Å²) < 4.78 is 5.11. The number of ether oxygens (including phenoxy) is 1. The minimum absolute atomic E-state index is 0.264. The minimum atomic E-state index is -0.323. The van der Waals surface area contributed by atoms with E-state index < -0.39 is 0 Å². The number of aryl methyl sites for hydroxylation is 1. The van der Waals surface area contributed by atoms with Crippen LogP contribution in [0.4, 0.5) is 17.2 Å². The molecule has 0 unspecified atom stereocenters. The van der Waals surface area contributed by atoms with Crippen molar-refractivity contribution in [3.8, 4) is 5.75 Å². The largest absolute Gasteiger partial charge is 0.497 e. The van der Waals surface area contributed by atoms with Crippen LogP contribution in [0.25, 0.3) is 0 Å². The molecule has 1 aromatic heterocycles. The predicted molar refractivity (Wildman–Crippen MR) is 107 cm³/mol. The molecule has 6 nitrogen and oxygen atoms in total. The predicted octanol–water partition coefficient (Wildman–Crippen LogP) is 4.75. The average molecular weight is 383 g/mol. The number of aromatic nitrogens is 2. The summed E-state index contributed by atoms with van der Waals surface area (Å²) in [5.74, 6) is 1.40. The highest BCUT2D eigenvalue weighted by atomic mass is 35.5. The Hall–Kier alpha value is -3.12. The molecule has 0 saturated carbocycles. The van der Waals surface area contributed by atoms with Gasteiger partial charge in [0, 0.05) is 22.5 Å². The number of halogens is 1. The highest BCUT2D eigenvalue weighted by molar-refractivity contribution is 6.31. The van der Waals surface area contributed by atoms with Gasteiger partial charge in [0.2, 0.25) is 0 Å². The second kappa shape index (κ2) is 8.05. The Balaban J connectivity index is 1.81. The summed E-state index contributed by atoms with van der Waals surface area (Å²) in [6.45, 7) is 3.65. The van der Waals surface area contributed by atoms with Crippen LogP contribution in [0, 0.1) is 13.8 Å². The number of carbonyl (C=O) groups is 1. The molecule has 138 valence electrons. The Morgan fingerprint density at radius 3 is 2.52 bits per heavy atom. The van der Waals surface area contributed by atoms with Crippen molar-refractivity contribution in [2.75, 3.05) is 17.7 Å². The van der Waals surface area contributed by atoms with E-state index in [0.29, 0.717) is 28.1 Å². The molecule has 0 bridgehead atoms. The van der Waals surface area contributed by atoms with Crippen LogP contribution >= 0.6 is 11.6 Å². The number of benzene rings is 2.